The average molecular weight is 343 g/mol. The summed E-state index contributed by atoms with van der Waals surface area (Å²) in [6, 6.07) is 1.48. The van der Waals surface area contributed by atoms with Gasteiger partial charge in [-0.05, 0) is 32.5 Å². The van der Waals surface area contributed by atoms with Crippen LogP contribution in [0.2, 0.25) is 0 Å². The van der Waals surface area contributed by atoms with Crippen LogP contribution in [0.3, 0.4) is 0 Å². The zero-order valence-corrected chi connectivity index (χ0v) is 14.7. The summed E-state index contributed by atoms with van der Waals surface area (Å²) >= 11 is 0. The molecular formula is C15H25N3O4S. The molecule has 1 aromatic rings. The summed E-state index contributed by atoms with van der Waals surface area (Å²) in [6.45, 7) is 9.07. The maximum absolute atomic E-state index is 12.8. The van der Waals surface area contributed by atoms with Gasteiger partial charge >= 0.3 is 5.97 Å². The number of carbonyl (C=O) groups is 1. The van der Waals surface area contributed by atoms with Gasteiger partial charge in [0.1, 0.15) is 10.6 Å². The van der Waals surface area contributed by atoms with Crippen molar-refractivity contribution in [2.45, 2.75) is 44.7 Å². The molecule has 0 aliphatic carbocycles. The highest BCUT2D eigenvalue weighted by Gasteiger charge is 2.35. The minimum Gasteiger partial charge on any atom is -0.477 e. The predicted molar refractivity (Wildman–Crippen MR) is 87.2 cm³/mol. The smallest absolute Gasteiger partial charge is 0.352 e. The third-order valence-corrected chi connectivity index (χ3v) is 6.35. The lowest BCUT2D eigenvalue weighted by Crippen LogP contribution is -2.38. The molecule has 7 nitrogen and oxygen atoms in total. The van der Waals surface area contributed by atoms with Crippen molar-refractivity contribution in [1.82, 2.24) is 13.8 Å². The van der Waals surface area contributed by atoms with Gasteiger partial charge in [-0.1, -0.05) is 13.8 Å². The summed E-state index contributed by atoms with van der Waals surface area (Å²) < 4.78 is 28.5. The van der Waals surface area contributed by atoms with Gasteiger partial charge in [0, 0.05) is 31.9 Å². The number of hydrogen-bond donors (Lipinski definition) is 1. The predicted octanol–water partition coefficient (Wildman–Crippen LogP) is 1.31. The number of nitrogens with zero attached hydrogens (tertiary/aromatic N) is 3. The van der Waals surface area contributed by atoms with E-state index in [4.69, 9.17) is 0 Å². The van der Waals surface area contributed by atoms with E-state index in [0.717, 1.165) is 19.5 Å². The Morgan fingerprint density at radius 1 is 1.35 bits per heavy atom. The topological polar surface area (TPSA) is 82.8 Å². The summed E-state index contributed by atoms with van der Waals surface area (Å²) in [5, 5.41) is 9.18. The van der Waals surface area contributed by atoms with Gasteiger partial charge in [-0.2, -0.15) is 4.31 Å². The van der Waals surface area contributed by atoms with E-state index in [1.165, 1.54) is 21.1 Å². The molecule has 1 atom stereocenters. The van der Waals surface area contributed by atoms with E-state index in [9.17, 15) is 18.3 Å². The highest BCUT2D eigenvalue weighted by atomic mass is 32.2. The second-order valence-corrected chi connectivity index (χ2v) is 7.62. The number of sulfonamides is 1. The number of carboxylic acid groups (broad SMARTS) is 1. The Balaban J connectivity index is 2.25. The fraction of sp³-hybridized carbons (Fsp3) is 0.667. The Morgan fingerprint density at radius 3 is 2.48 bits per heavy atom. The number of rotatable bonds is 7. The van der Waals surface area contributed by atoms with Gasteiger partial charge in [-0.3, -0.25) is 4.90 Å². The van der Waals surface area contributed by atoms with Gasteiger partial charge in [-0.25, -0.2) is 13.2 Å². The first-order valence-corrected chi connectivity index (χ1v) is 9.46. The van der Waals surface area contributed by atoms with Crippen LogP contribution in [-0.2, 0) is 16.6 Å². The van der Waals surface area contributed by atoms with Crippen LogP contribution < -0.4 is 0 Å². The van der Waals surface area contributed by atoms with Crippen molar-refractivity contribution in [3.8, 4) is 0 Å². The van der Waals surface area contributed by atoms with Crippen LogP contribution in [0.1, 0.15) is 37.7 Å². The van der Waals surface area contributed by atoms with Gasteiger partial charge in [0.15, 0.2) is 0 Å². The number of aryl methyl sites for hydroxylation is 1. The summed E-state index contributed by atoms with van der Waals surface area (Å²) in [5.74, 6) is -1.12. The highest BCUT2D eigenvalue weighted by molar-refractivity contribution is 7.89. The largest absolute Gasteiger partial charge is 0.477 e. The zero-order valence-electron chi connectivity index (χ0n) is 13.9. The Morgan fingerprint density at radius 2 is 2.00 bits per heavy atom. The van der Waals surface area contributed by atoms with Crippen LogP contribution in [0.15, 0.2) is 17.2 Å². The van der Waals surface area contributed by atoms with Crippen molar-refractivity contribution in [2.24, 2.45) is 0 Å². The van der Waals surface area contributed by atoms with E-state index in [2.05, 4.69) is 18.7 Å². The van der Waals surface area contributed by atoms with Crippen LogP contribution in [0.5, 0.6) is 0 Å². The van der Waals surface area contributed by atoms with Gasteiger partial charge in [-0.15, -0.1) is 0 Å². The van der Waals surface area contributed by atoms with Crippen molar-refractivity contribution >= 4 is 16.0 Å². The zero-order chi connectivity index (χ0) is 17.2. The molecule has 2 rings (SSSR count). The van der Waals surface area contributed by atoms with Crippen LogP contribution in [0.25, 0.3) is 0 Å². The summed E-state index contributed by atoms with van der Waals surface area (Å²) in [6.07, 6.45) is 2.23. The maximum Gasteiger partial charge on any atom is 0.352 e. The Labute approximate surface area is 137 Å². The molecule has 1 saturated heterocycles. The second kappa shape index (κ2) is 7.02. The lowest BCUT2D eigenvalue weighted by Gasteiger charge is -2.25. The molecule has 0 aromatic carbocycles. The van der Waals surface area contributed by atoms with Crippen molar-refractivity contribution < 1.29 is 18.3 Å². The molecule has 2 heterocycles. The molecule has 8 heteroatoms. The van der Waals surface area contributed by atoms with Crippen molar-refractivity contribution in [2.75, 3.05) is 26.2 Å². The van der Waals surface area contributed by atoms with E-state index in [0.29, 0.717) is 19.6 Å². The number of likely N-dealkylation sites (N-methyl/N-ethyl adjacent to an activating group) is 1. The van der Waals surface area contributed by atoms with Gasteiger partial charge in [0.25, 0.3) is 0 Å². The van der Waals surface area contributed by atoms with Gasteiger partial charge in [0.05, 0.1) is 0 Å². The Kier molecular flexibility index (Phi) is 5.49. The standard InChI is InChI=1S/C15H25N3O4S/c1-4-16(5-2)12-7-8-18(10-12)23(21,22)13-9-14(15(19)20)17(6-3)11-13/h9,11-12H,4-8,10H2,1-3H3,(H,19,20). The normalized spacial score (nSPS) is 19.6. The quantitative estimate of drug-likeness (QED) is 0.807. The molecule has 1 aliphatic heterocycles. The fourth-order valence-electron chi connectivity index (χ4n) is 3.18. The van der Waals surface area contributed by atoms with Crippen molar-refractivity contribution in [3.05, 3.63) is 18.0 Å². The van der Waals surface area contributed by atoms with Crippen LogP contribution in [-0.4, -0.2) is 65.5 Å². The van der Waals surface area contributed by atoms with Crippen molar-refractivity contribution in [3.63, 3.8) is 0 Å². The van der Waals surface area contributed by atoms with Crippen LogP contribution >= 0.6 is 0 Å². The third-order valence-electron chi connectivity index (χ3n) is 4.52. The molecular weight excluding hydrogens is 318 g/mol. The first kappa shape index (κ1) is 18.0. The van der Waals surface area contributed by atoms with Crippen LogP contribution in [0.4, 0.5) is 0 Å². The Bertz CT molecular complexity index is 664. The molecule has 1 fully saturated rings. The van der Waals surface area contributed by atoms with E-state index in [1.807, 2.05) is 0 Å². The van der Waals surface area contributed by atoms with E-state index >= 15 is 0 Å². The lowest BCUT2D eigenvalue weighted by atomic mass is 10.2. The highest BCUT2D eigenvalue weighted by Crippen LogP contribution is 2.25. The van der Waals surface area contributed by atoms with E-state index in [-0.39, 0.29) is 16.6 Å². The first-order valence-electron chi connectivity index (χ1n) is 8.02. The number of carboxylic acids is 1. The summed E-state index contributed by atoms with van der Waals surface area (Å²) in [4.78, 5) is 13.6. The number of hydrogen-bond acceptors (Lipinski definition) is 4. The second-order valence-electron chi connectivity index (χ2n) is 5.68. The molecule has 0 amide bonds. The van der Waals surface area contributed by atoms with Crippen LogP contribution in [0, 0.1) is 0 Å². The first-order chi connectivity index (χ1) is 10.8. The average Bonchev–Trinajstić information content (AvgIpc) is 3.16. The summed E-state index contributed by atoms with van der Waals surface area (Å²) in [7, 11) is -3.64. The van der Waals surface area contributed by atoms with Crippen molar-refractivity contribution in [1.29, 1.82) is 0 Å². The molecule has 0 bridgehead atoms. The minimum absolute atomic E-state index is 0.00515. The monoisotopic (exact) mass is 343 g/mol. The van der Waals surface area contributed by atoms with E-state index in [1.54, 1.807) is 6.92 Å². The van der Waals surface area contributed by atoms with E-state index < -0.39 is 16.0 Å². The lowest BCUT2D eigenvalue weighted by molar-refractivity contribution is 0.0685. The van der Waals surface area contributed by atoms with Gasteiger partial charge in [0.2, 0.25) is 10.0 Å². The molecule has 130 valence electrons. The molecule has 1 aromatic heterocycles. The molecule has 1 aliphatic rings. The van der Waals surface area contributed by atoms with Gasteiger partial charge < -0.3 is 9.67 Å². The molecule has 0 spiro atoms. The molecule has 1 unspecified atom stereocenters. The number of aromatic carboxylic acids is 1. The molecule has 0 radical (unpaired) electrons. The number of aromatic nitrogens is 1. The summed E-state index contributed by atoms with van der Waals surface area (Å²) in [5.41, 5.74) is 0.00515. The SMILES string of the molecule is CCN(CC)C1CCN(S(=O)(=O)c2cc(C(=O)O)n(CC)c2)C1. The minimum atomic E-state index is -3.64. The molecule has 1 N–H and O–H groups in total. The molecule has 0 saturated carbocycles. The Hall–Kier alpha value is -1.38. The third kappa shape index (κ3) is 3.44. The fourth-order valence-corrected chi connectivity index (χ4v) is 4.71. The maximum atomic E-state index is 12.8. The molecule has 23 heavy (non-hydrogen) atoms.